The molecule has 6 rings (SSSR count). The number of aromatic nitrogens is 5. The van der Waals surface area contributed by atoms with Crippen molar-refractivity contribution in [3.05, 3.63) is 59.6 Å². The maximum absolute atomic E-state index is 14.7. The van der Waals surface area contributed by atoms with Gasteiger partial charge in [-0.1, -0.05) is 5.16 Å². The van der Waals surface area contributed by atoms with Gasteiger partial charge in [-0.2, -0.15) is 23.3 Å². The summed E-state index contributed by atoms with van der Waals surface area (Å²) in [5.74, 6) is -0.419. The Morgan fingerprint density at radius 2 is 2.14 bits per heavy atom. The Bertz CT molecular complexity index is 1700. The molecule has 0 radical (unpaired) electrons. The number of piperidine rings is 1. The number of amides is 1. The van der Waals surface area contributed by atoms with Crippen molar-refractivity contribution in [1.29, 1.82) is 0 Å². The fourth-order valence-corrected chi connectivity index (χ4v) is 6.40. The highest BCUT2D eigenvalue weighted by Crippen LogP contribution is 2.44. The number of hydrogen-bond acceptors (Lipinski definition) is 9. The van der Waals surface area contributed by atoms with Crippen molar-refractivity contribution >= 4 is 40.2 Å². The first-order chi connectivity index (χ1) is 20.1. The third-order valence-corrected chi connectivity index (χ3v) is 8.73. The van der Waals surface area contributed by atoms with E-state index in [2.05, 4.69) is 31.0 Å². The molecule has 5 aromatic heterocycles. The largest absolute Gasteiger partial charge is 0.447 e. The number of thioether (sulfide) groups is 1. The summed E-state index contributed by atoms with van der Waals surface area (Å²) >= 11 is 0.963. The van der Waals surface area contributed by atoms with Crippen LogP contribution in [0.15, 0.2) is 58.3 Å². The number of halogens is 4. The van der Waals surface area contributed by atoms with Gasteiger partial charge < -0.3 is 24.5 Å². The minimum absolute atomic E-state index is 0.0202. The lowest BCUT2D eigenvalue weighted by atomic mass is 10.0. The molecule has 1 saturated heterocycles. The monoisotopic (exact) mass is 620 g/mol. The summed E-state index contributed by atoms with van der Waals surface area (Å²) in [5.41, 5.74) is -2.82. The summed E-state index contributed by atoms with van der Waals surface area (Å²) in [5, 5.41) is 16.3. The molecule has 0 bridgehead atoms. The molecule has 1 fully saturated rings. The molecule has 10 nitrogen and oxygen atoms in total. The van der Waals surface area contributed by atoms with Crippen LogP contribution in [0.2, 0.25) is 0 Å². The van der Waals surface area contributed by atoms with E-state index in [1.54, 1.807) is 36.5 Å². The molecule has 1 aliphatic rings. The standard InChI is InChI=1S/C26H24F4N8O2S2/c1-37-10-7-16(15(27)13-37)33-17-3-2-9-38-19(17)11-14(25(38)42-26(28,29)30)23-34-22(40-36-23)12-31-24(39)21-5-4-20(41-21)18-6-8-32-35-18/h2-6,8-9,11,15-16,33H,7,10,12-13H2,1H3,(H,31,39)(H,32,35)/t15-,16+/m0/s1. The average molecular weight is 621 g/mol. The average Bonchev–Trinajstić information content (AvgIpc) is 3.75. The normalized spacial score (nSPS) is 18.0. The molecule has 220 valence electrons. The number of thiophene rings is 1. The van der Waals surface area contributed by atoms with Gasteiger partial charge in [0.15, 0.2) is 0 Å². The van der Waals surface area contributed by atoms with E-state index in [1.807, 2.05) is 11.9 Å². The lowest BCUT2D eigenvalue weighted by molar-refractivity contribution is -0.0329. The minimum atomic E-state index is -4.60. The summed E-state index contributed by atoms with van der Waals surface area (Å²) < 4.78 is 62.3. The summed E-state index contributed by atoms with van der Waals surface area (Å²) in [6.07, 6.45) is 2.52. The number of carbonyl (C=O) groups is 1. The van der Waals surface area contributed by atoms with Crippen LogP contribution in [-0.2, 0) is 6.54 Å². The number of aromatic amines is 1. The van der Waals surface area contributed by atoms with Crippen LogP contribution in [0.1, 0.15) is 22.0 Å². The van der Waals surface area contributed by atoms with Crippen molar-refractivity contribution < 1.29 is 26.9 Å². The number of hydrogen-bond donors (Lipinski definition) is 3. The van der Waals surface area contributed by atoms with Gasteiger partial charge in [0.1, 0.15) is 6.17 Å². The Kier molecular flexibility index (Phi) is 7.67. The summed E-state index contributed by atoms with van der Waals surface area (Å²) in [6, 6.07) is 9.59. The minimum Gasteiger partial charge on any atom is -0.378 e. The predicted molar refractivity (Wildman–Crippen MR) is 150 cm³/mol. The second-order valence-electron chi connectivity index (χ2n) is 9.73. The Morgan fingerprint density at radius 1 is 1.29 bits per heavy atom. The smallest absolute Gasteiger partial charge is 0.378 e. The molecule has 0 saturated carbocycles. The molecular weight excluding hydrogens is 596 g/mol. The van der Waals surface area contributed by atoms with Crippen LogP contribution < -0.4 is 10.6 Å². The van der Waals surface area contributed by atoms with Crippen molar-refractivity contribution in [2.75, 3.05) is 25.5 Å². The van der Waals surface area contributed by atoms with E-state index >= 15 is 0 Å². The molecule has 5 aromatic rings. The van der Waals surface area contributed by atoms with Gasteiger partial charge in [0.05, 0.1) is 49.8 Å². The highest BCUT2D eigenvalue weighted by Gasteiger charge is 2.34. The SMILES string of the molecule is CN1CC[C@@H](Nc2cccn3c(SC(F)(F)F)c(-c4noc(CNC(=O)c5ccc(-c6ccn[nH]6)s5)n4)cc23)[C@@H](F)C1. The molecule has 0 aromatic carbocycles. The van der Waals surface area contributed by atoms with Gasteiger partial charge in [-0.15, -0.1) is 11.3 Å². The number of rotatable bonds is 8. The van der Waals surface area contributed by atoms with E-state index in [4.69, 9.17) is 4.52 Å². The first-order valence-electron chi connectivity index (χ1n) is 12.8. The van der Waals surface area contributed by atoms with E-state index in [-0.39, 0.29) is 53.1 Å². The van der Waals surface area contributed by atoms with E-state index in [9.17, 15) is 22.4 Å². The summed E-state index contributed by atoms with van der Waals surface area (Å²) in [7, 11) is 1.84. The number of fused-ring (bicyclic) bond motifs is 1. The number of pyridine rings is 1. The van der Waals surface area contributed by atoms with E-state index in [0.717, 1.165) is 10.6 Å². The van der Waals surface area contributed by atoms with Crippen LogP contribution >= 0.6 is 23.1 Å². The highest BCUT2D eigenvalue weighted by molar-refractivity contribution is 8.00. The maximum Gasteiger partial charge on any atom is 0.447 e. The first kappa shape index (κ1) is 28.2. The second kappa shape index (κ2) is 11.4. The molecule has 0 spiro atoms. The van der Waals surface area contributed by atoms with Crippen LogP contribution in [0, 0.1) is 0 Å². The molecule has 2 atom stereocenters. The molecular formula is C26H24F4N8O2S2. The zero-order valence-corrected chi connectivity index (χ0v) is 23.6. The molecule has 16 heteroatoms. The highest BCUT2D eigenvalue weighted by atomic mass is 32.2. The molecule has 1 amide bonds. The molecule has 42 heavy (non-hydrogen) atoms. The van der Waals surface area contributed by atoms with Gasteiger partial charge in [-0.3, -0.25) is 9.89 Å². The van der Waals surface area contributed by atoms with Gasteiger partial charge in [0, 0.05) is 37.2 Å². The van der Waals surface area contributed by atoms with Crippen LogP contribution in [0.5, 0.6) is 0 Å². The van der Waals surface area contributed by atoms with Crippen LogP contribution in [-0.4, -0.2) is 73.4 Å². The number of alkyl halides is 4. The summed E-state index contributed by atoms with van der Waals surface area (Å²) in [4.78, 5) is 20.1. The third-order valence-electron chi connectivity index (χ3n) is 6.77. The van der Waals surface area contributed by atoms with Gasteiger partial charge in [0.2, 0.25) is 11.7 Å². The van der Waals surface area contributed by atoms with Gasteiger partial charge in [-0.05, 0) is 49.9 Å². The number of carbonyl (C=O) groups excluding carboxylic acids is 1. The lowest BCUT2D eigenvalue weighted by Gasteiger charge is -2.33. The van der Waals surface area contributed by atoms with Crippen LogP contribution in [0.25, 0.3) is 27.5 Å². The fraction of sp³-hybridized carbons (Fsp3) is 0.308. The topological polar surface area (TPSA) is 116 Å². The Morgan fingerprint density at radius 3 is 2.90 bits per heavy atom. The predicted octanol–water partition coefficient (Wildman–Crippen LogP) is 5.44. The van der Waals surface area contributed by atoms with Crippen molar-refractivity contribution in [3.63, 3.8) is 0 Å². The van der Waals surface area contributed by atoms with Gasteiger partial charge >= 0.3 is 5.51 Å². The Labute approximate surface area is 244 Å². The number of nitrogens with zero attached hydrogens (tertiary/aromatic N) is 5. The fourth-order valence-electron chi connectivity index (χ4n) is 4.77. The Balaban J connectivity index is 1.24. The number of nitrogens with one attached hydrogen (secondary N) is 3. The van der Waals surface area contributed by atoms with Crippen molar-refractivity contribution in [1.82, 2.24) is 35.0 Å². The van der Waals surface area contributed by atoms with Crippen LogP contribution in [0.3, 0.4) is 0 Å². The lowest BCUT2D eigenvalue weighted by Crippen LogP contribution is -2.46. The maximum atomic E-state index is 14.7. The molecule has 1 aliphatic heterocycles. The van der Waals surface area contributed by atoms with E-state index in [1.165, 1.54) is 28.0 Å². The molecule has 6 heterocycles. The Hall–Kier alpha value is -3.89. The van der Waals surface area contributed by atoms with Crippen molar-refractivity contribution in [2.24, 2.45) is 0 Å². The van der Waals surface area contributed by atoms with Crippen molar-refractivity contribution in [3.8, 4) is 22.0 Å². The number of H-pyrrole nitrogens is 1. The van der Waals surface area contributed by atoms with E-state index < -0.39 is 17.7 Å². The molecule has 0 unspecified atom stereocenters. The summed E-state index contributed by atoms with van der Waals surface area (Å²) in [6.45, 7) is 0.837. The zero-order chi connectivity index (χ0) is 29.4. The van der Waals surface area contributed by atoms with Gasteiger partial charge in [-0.25, -0.2) is 4.39 Å². The van der Waals surface area contributed by atoms with Crippen molar-refractivity contribution in [2.45, 2.75) is 35.7 Å². The second-order valence-corrected chi connectivity index (χ2v) is 11.9. The molecule has 3 N–H and O–H groups in total. The molecule has 0 aliphatic carbocycles. The van der Waals surface area contributed by atoms with Gasteiger partial charge in [0.25, 0.3) is 5.91 Å². The van der Waals surface area contributed by atoms with E-state index in [0.29, 0.717) is 29.0 Å². The zero-order valence-electron chi connectivity index (χ0n) is 22.0. The van der Waals surface area contributed by atoms with Crippen LogP contribution in [0.4, 0.5) is 23.2 Å². The number of likely N-dealkylation sites (tertiary alicyclic amines) is 1. The first-order valence-corrected chi connectivity index (χ1v) is 14.5. The number of anilines is 1. The third kappa shape index (κ3) is 6.00. The quantitative estimate of drug-likeness (QED) is 0.155.